The molecule has 26 heavy (non-hydrogen) atoms. The maximum Gasteiger partial charge on any atom is 0.514 e. The number of ether oxygens (including phenoxy) is 4. The van der Waals surface area contributed by atoms with Crippen LogP contribution >= 0.6 is 0 Å². The van der Waals surface area contributed by atoms with E-state index in [2.05, 4.69) is 0 Å². The van der Waals surface area contributed by atoms with E-state index in [4.69, 9.17) is 18.9 Å². The Morgan fingerprint density at radius 2 is 1.00 bits per heavy atom. The second-order valence-corrected chi connectivity index (χ2v) is 7.74. The first-order valence-electron chi connectivity index (χ1n) is 8.28. The first-order valence-corrected chi connectivity index (χ1v) is 8.28. The number of hydrogen-bond donors (Lipinski definition) is 0. The van der Waals surface area contributed by atoms with E-state index in [0.717, 1.165) is 0 Å². The molecule has 0 atom stereocenters. The van der Waals surface area contributed by atoms with Crippen molar-refractivity contribution in [2.45, 2.75) is 52.7 Å². The molecule has 0 heterocycles. The van der Waals surface area contributed by atoms with Crippen LogP contribution in [0.5, 0.6) is 11.5 Å². The van der Waals surface area contributed by atoms with Gasteiger partial charge in [0.15, 0.2) is 0 Å². The summed E-state index contributed by atoms with van der Waals surface area (Å²) in [7, 11) is 0. The average molecular weight is 360 g/mol. The van der Waals surface area contributed by atoms with Crippen LogP contribution in [0.15, 0.2) is 36.4 Å². The Labute approximate surface area is 153 Å². The van der Waals surface area contributed by atoms with Gasteiger partial charge in [0.05, 0.1) is 0 Å². The number of fused-ring (bicyclic) bond motifs is 1. The number of rotatable bonds is 2. The minimum absolute atomic E-state index is 0.311. The molecule has 0 amide bonds. The van der Waals surface area contributed by atoms with E-state index in [1.165, 1.54) is 0 Å². The predicted octanol–water partition coefficient (Wildman–Crippen LogP) is 5.47. The Bertz CT molecular complexity index is 742. The van der Waals surface area contributed by atoms with Gasteiger partial charge in [0.1, 0.15) is 22.7 Å². The van der Waals surface area contributed by atoms with Gasteiger partial charge in [-0.15, -0.1) is 0 Å². The van der Waals surface area contributed by atoms with E-state index >= 15 is 0 Å². The predicted molar refractivity (Wildman–Crippen MR) is 97.7 cm³/mol. The molecule has 0 aliphatic heterocycles. The van der Waals surface area contributed by atoms with Crippen molar-refractivity contribution < 1.29 is 28.5 Å². The Hall–Kier alpha value is -2.76. The maximum atomic E-state index is 11.9. The van der Waals surface area contributed by atoms with E-state index in [0.29, 0.717) is 22.3 Å². The van der Waals surface area contributed by atoms with Crippen molar-refractivity contribution >= 4 is 23.1 Å². The van der Waals surface area contributed by atoms with Crippen molar-refractivity contribution in [2.24, 2.45) is 0 Å². The van der Waals surface area contributed by atoms with Crippen molar-refractivity contribution in [3.8, 4) is 11.5 Å². The summed E-state index contributed by atoms with van der Waals surface area (Å²) in [5.41, 5.74) is -1.32. The van der Waals surface area contributed by atoms with Crippen molar-refractivity contribution in [3.05, 3.63) is 36.4 Å². The topological polar surface area (TPSA) is 71.1 Å². The molecule has 0 aliphatic carbocycles. The zero-order chi connectivity index (χ0) is 19.5. The van der Waals surface area contributed by atoms with Crippen LogP contribution in [0, 0.1) is 0 Å². The molecule has 6 heteroatoms. The fourth-order valence-corrected chi connectivity index (χ4v) is 2.15. The summed E-state index contributed by atoms with van der Waals surface area (Å²) < 4.78 is 21.0. The first kappa shape index (κ1) is 19.6. The summed E-state index contributed by atoms with van der Waals surface area (Å²) in [6, 6.07) is 10.2. The molecule has 0 unspecified atom stereocenters. The molecule has 0 fully saturated rings. The van der Waals surface area contributed by atoms with Crippen LogP contribution < -0.4 is 9.47 Å². The fraction of sp³-hybridized carbons (Fsp3) is 0.400. The van der Waals surface area contributed by atoms with Gasteiger partial charge >= 0.3 is 12.3 Å². The van der Waals surface area contributed by atoms with Gasteiger partial charge in [-0.1, -0.05) is 24.3 Å². The van der Waals surface area contributed by atoms with Crippen molar-refractivity contribution in [1.29, 1.82) is 0 Å². The van der Waals surface area contributed by atoms with Gasteiger partial charge in [-0.2, -0.15) is 0 Å². The van der Waals surface area contributed by atoms with E-state index in [1.807, 2.05) is 0 Å². The van der Waals surface area contributed by atoms with Gasteiger partial charge in [-0.25, -0.2) is 9.59 Å². The molecular formula is C20H24O6. The van der Waals surface area contributed by atoms with Crippen LogP contribution in [-0.2, 0) is 9.47 Å². The molecule has 0 radical (unpaired) electrons. The zero-order valence-corrected chi connectivity index (χ0v) is 15.9. The summed E-state index contributed by atoms with van der Waals surface area (Å²) >= 11 is 0. The molecule has 0 aliphatic rings. The van der Waals surface area contributed by atoms with Crippen LogP contribution in [0.4, 0.5) is 9.59 Å². The standard InChI is InChI=1S/C20H24O6/c1-19(2,3)25-17(21)23-15-11-7-10-14-13(15)9-8-12-16(14)24-18(22)26-20(4,5)6/h7-12H,1-6H3. The van der Waals surface area contributed by atoms with Gasteiger partial charge in [0, 0.05) is 10.8 Å². The Balaban J connectivity index is 2.28. The molecule has 140 valence electrons. The largest absolute Gasteiger partial charge is 0.514 e. The Morgan fingerprint density at radius 3 is 1.31 bits per heavy atom. The minimum atomic E-state index is -0.802. The Morgan fingerprint density at radius 1 is 0.654 bits per heavy atom. The van der Waals surface area contributed by atoms with Gasteiger partial charge in [0.25, 0.3) is 0 Å². The molecule has 6 nitrogen and oxygen atoms in total. The molecule has 0 saturated heterocycles. The van der Waals surface area contributed by atoms with E-state index in [1.54, 1.807) is 77.9 Å². The summed E-state index contributed by atoms with van der Waals surface area (Å²) in [5, 5.41) is 1.22. The third-order valence-corrected chi connectivity index (χ3v) is 3.01. The number of carbonyl (C=O) groups excluding carboxylic acids is 2. The molecule has 0 spiro atoms. The lowest BCUT2D eigenvalue weighted by Gasteiger charge is -2.20. The highest BCUT2D eigenvalue weighted by Gasteiger charge is 2.21. The van der Waals surface area contributed by atoms with E-state index < -0.39 is 23.5 Å². The lowest BCUT2D eigenvalue weighted by Crippen LogP contribution is -2.26. The van der Waals surface area contributed by atoms with Gasteiger partial charge in [0.2, 0.25) is 0 Å². The van der Waals surface area contributed by atoms with Crippen LogP contribution in [0.3, 0.4) is 0 Å². The lowest BCUT2D eigenvalue weighted by atomic mass is 10.1. The number of carbonyl (C=O) groups is 2. The van der Waals surface area contributed by atoms with Crippen molar-refractivity contribution in [1.82, 2.24) is 0 Å². The van der Waals surface area contributed by atoms with Crippen LogP contribution in [0.2, 0.25) is 0 Å². The molecule has 2 rings (SSSR count). The summed E-state index contributed by atoms with van der Waals surface area (Å²) in [5.74, 6) is 0.623. The van der Waals surface area contributed by atoms with Gasteiger partial charge in [-0.3, -0.25) is 0 Å². The normalized spacial score (nSPS) is 11.8. The first-order chi connectivity index (χ1) is 11.9. The van der Waals surface area contributed by atoms with Crippen LogP contribution in [0.25, 0.3) is 10.8 Å². The average Bonchev–Trinajstić information content (AvgIpc) is 2.44. The molecule has 2 aromatic carbocycles. The quantitative estimate of drug-likeness (QED) is 0.522. The Kier molecular flexibility index (Phi) is 5.44. The fourth-order valence-electron chi connectivity index (χ4n) is 2.15. The SMILES string of the molecule is CC(C)(C)OC(=O)Oc1cccc2c(OC(=O)OC(C)(C)C)cccc12. The summed E-state index contributed by atoms with van der Waals surface area (Å²) in [4.78, 5) is 23.9. The molecule has 0 saturated carbocycles. The monoisotopic (exact) mass is 360 g/mol. The molecule has 0 bridgehead atoms. The molecule has 2 aromatic rings. The van der Waals surface area contributed by atoms with E-state index in [9.17, 15) is 9.59 Å². The lowest BCUT2D eigenvalue weighted by molar-refractivity contribution is 0.0193. The van der Waals surface area contributed by atoms with E-state index in [-0.39, 0.29) is 0 Å². The van der Waals surface area contributed by atoms with Gasteiger partial charge in [-0.05, 0) is 53.7 Å². The van der Waals surface area contributed by atoms with Crippen LogP contribution in [-0.4, -0.2) is 23.5 Å². The maximum absolute atomic E-state index is 11.9. The van der Waals surface area contributed by atoms with Crippen molar-refractivity contribution in [3.63, 3.8) is 0 Å². The minimum Gasteiger partial charge on any atom is -0.428 e. The molecule has 0 aromatic heterocycles. The van der Waals surface area contributed by atoms with Gasteiger partial charge < -0.3 is 18.9 Å². The number of benzene rings is 2. The highest BCUT2D eigenvalue weighted by atomic mass is 16.7. The highest BCUT2D eigenvalue weighted by Crippen LogP contribution is 2.33. The third-order valence-electron chi connectivity index (χ3n) is 3.01. The second kappa shape index (κ2) is 7.23. The summed E-state index contributed by atoms with van der Waals surface area (Å²) in [6.45, 7) is 10.5. The third kappa shape index (κ3) is 5.65. The zero-order valence-electron chi connectivity index (χ0n) is 15.9. The molecule has 0 N–H and O–H groups in total. The second-order valence-electron chi connectivity index (χ2n) is 7.74. The van der Waals surface area contributed by atoms with Crippen molar-refractivity contribution in [2.75, 3.05) is 0 Å². The summed E-state index contributed by atoms with van der Waals surface area (Å²) in [6.07, 6.45) is -1.60. The van der Waals surface area contributed by atoms with Crippen LogP contribution in [0.1, 0.15) is 41.5 Å². The smallest absolute Gasteiger partial charge is 0.428 e. The molecular weight excluding hydrogens is 336 g/mol. The highest BCUT2D eigenvalue weighted by molar-refractivity contribution is 5.95. The number of hydrogen-bond acceptors (Lipinski definition) is 6.